The number of nitrogens with zero attached hydrogens (tertiary/aromatic N) is 3. The van der Waals surface area contributed by atoms with E-state index in [4.69, 9.17) is 5.73 Å². The Hall–Kier alpha value is -1.89. The summed E-state index contributed by atoms with van der Waals surface area (Å²) in [4.78, 5) is 29.5. The zero-order valence-corrected chi connectivity index (χ0v) is 9.15. The lowest BCUT2D eigenvalue weighted by Gasteiger charge is -1.99. The Balaban J connectivity index is 2.91. The maximum absolute atomic E-state index is 11.6. The smallest absolute Gasteiger partial charge is 0.329 e. The largest absolute Gasteiger partial charge is 0.330 e. The van der Waals surface area contributed by atoms with Crippen LogP contribution in [0.25, 0.3) is 11.2 Å². The molecule has 0 atom stereocenters. The average molecular weight is 223 g/mol. The SMILES string of the molecule is Cn1c(CCN)nc2c1c(=O)[nH]c(=O)n2C. The highest BCUT2D eigenvalue weighted by Crippen LogP contribution is 2.08. The summed E-state index contributed by atoms with van der Waals surface area (Å²) in [6.07, 6.45) is 0.568. The van der Waals surface area contributed by atoms with Gasteiger partial charge in [-0.25, -0.2) is 9.78 Å². The van der Waals surface area contributed by atoms with E-state index in [9.17, 15) is 9.59 Å². The molecule has 0 bridgehead atoms. The second-order valence-electron chi connectivity index (χ2n) is 3.62. The van der Waals surface area contributed by atoms with Gasteiger partial charge in [0.05, 0.1) is 0 Å². The molecule has 0 fully saturated rings. The number of nitrogens with two attached hydrogens (primary N) is 1. The molecular formula is C9H13N5O2. The third-order valence-corrected chi connectivity index (χ3v) is 2.60. The van der Waals surface area contributed by atoms with Gasteiger partial charge in [-0.1, -0.05) is 0 Å². The minimum Gasteiger partial charge on any atom is -0.330 e. The molecule has 0 aliphatic heterocycles. The highest BCUT2D eigenvalue weighted by atomic mass is 16.2. The monoisotopic (exact) mass is 223 g/mol. The van der Waals surface area contributed by atoms with Crippen LogP contribution < -0.4 is 17.0 Å². The minimum absolute atomic E-state index is 0.389. The third-order valence-electron chi connectivity index (χ3n) is 2.60. The number of nitrogens with one attached hydrogen (secondary N) is 1. The van der Waals surface area contributed by atoms with E-state index in [-0.39, 0.29) is 0 Å². The first-order valence-electron chi connectivity index (χ1n) is 4.91. The van der Waals surface area contributed by atoms with Crippen LogP contribution in [0.15, 0.2) is 9.59 Å². The Morgan fingerprint density at radius 3 is 2.62 bits per heavy atom. The van der Waals surface area contributed by atoms with Crippen molar-refractivity contribution >= 4 is 11.2 Å². The molecule has 2 rings (SSSR count). The summed E-state index contributed by atoms with van der Waals surface area (Å²) in [5.41, 5.74) is 5.35. The first-order valence-corrected chi connectivity index (χ1v) is 4.91. The molecule has 86 valence electrons. The first kappa shape index (κ1) is 10.6. The first-order chi connectivity index (χ1) is 7.56. The van der Waals surface area contributed by atoms with Crippen molar-refractivity contribution in [2.24, 2.45) is 19.8 Å². The van der Waals surface area contributed by atoms with Crippen LogP contribution >= 0.6 is 0 Å². The maximum Gasteiger partial charge on any atom is 0.329 e. The minimum atomic E-state index is -0.463. The van der Waals surface area contributed by atoms with Crippen LogP contribution in [0.1, 0.15) is 5.82 Å². The molecule has 2 aromatic rings. The molecule has 16 heavy (non-hydrogen) atoms. The predicted molar refractivity (Wildman–Crippen MR) is 59.3 cm³/mol. The maximum atomic E-state index is 11.6. The van der Waals surface area contributed by atoms with Crippen molar-refractivity contribution in [1.29, 1.82) is 0 Å². The average Bonchev–Trinajstić information content (AvgIpc) is 2.55. The summed E-state index contributed by atoms with van der Waals surface area (Å²) in [5.74, 6) is 0.698. The van der Waals surface area contributed by atoms with Gasteiger partial charge in [0.2, 0.25) is 0 Å². The Morgan fingerprint density at radius 2 is 2.00 bits per heavy atom. The fraction of sp³-hybridized carbons (Fsp3) is 0.444. The van der Waals surface area contributed by atoms with Crippen molar-refractivity contribution in [3.05, 3.63) is 26.7 Å². The number of aromatic nitrogens is 4. The van der Waals surface area contributed by atoms with Crippen LogP contribution in [0.4, 0.5) is 0 Å². The Labute approximate surface area is 90.5 Å². The van der Waals surface area contributed by atoms with Gasteiger partial charge in [-0.2, -0.15) is 0 Å². The predicted octanol–water partition coefficient (Wildman–Crippen LogP) is -1.54. The number of aryl methyl sites for hydroxylation is 2. The number of imidazole rings is 1. The number of rotatable bonds is 2. The quantitative estimate of drug-likeness (QED) is 0.644. The number of aromatic amines is 1. The van der Waals surface area contributed by atoms with E-state index in [0.717, 1.165) is 0 Å². The van der Waals surface area contributed by atoms with Crippen LogP contribution in [-0.2, 0) is 20.5 Å². The molecular weight excluding hydrogens is 210 g/mol. The van der Waals surface area contributed by atoms with Crippen LogP contribution in [0.5, 0.6) is 0 Å². The van der Waals surface area contributed by atoms with Gasteiger partial charge in [-0.05, 0) is 6.54 Å². The number of hydrogen-bond donors (Lipinski definition) is 2. The molecule has 0 unspecified atom stereocenters. The zero-order chi connectivity index (χ0) is 11.9. The summed E-state index contributed by atoms with van der Waals surface area (Å²) < 4.78 is 2.98. The summed E-state index contributed by atoms with van der Waals surface area (Å²) >= 11 is 0. The lowest BCUT2D eigenvalue weighted by Crippen LogP contribution is -2.29. The van der Waals surface area contributed by atoms with Crippen LogP contribution in [0.3, 0.4) is 0 Å². The van der Waals surface area contributed by atoms with E-state index in [2.05, 4.69) is 9.97 Å². The Kier molecular flexibility index (Phi) is 2.39. The normalized spacial score (nSPS) is 11.2. The van der Waals surface area contributed by atoms with Crippen LogP contribution in [0, 0.1) is 0 Å². The Morgan fingerprint density at radius 1 is 1.31 bits per heavy atom. The second kappa shape index (κ2) is 3.60. The van der Waals surface area contributed by atoms with E-state index in [0.29, 0.717) is 30.0 Å². The van der Waals surface area contributed by atoms with E-state index in [1.54, 1.807) is 18.7 Å². The Bertz CT molecular complexity index is 648. The summed E-state index contributed by atoms with van der Waals surface area (Å²) in [7, 11) is 3.31. The third kappa shape index (κ3) is 1.36. The van der Waals surface area contributed by atoms with Gasteiger partial charge in [-0.3, -0.25) is 14.3 Å². The zero-order valence-electron chi connectivity index (χ0n) is 9.15. The second-order valence-corrected chi connectivity index (χ2v) is 3.62. The van der Waals surface area contributed by atoms with Gasteiger partial charge in [-0.15, -0.1) is 0 Å². The van der Waals surface area contributed by atoms with Gasteiger partial charge >= 0.3 is 5.69 Å². The topological polar surface area (TPSA) is 98.7 Å². The lowest BCUT2D eigenvalue weighted by atomic mass is 10.4. The van der Waals surface area contributed by atoms with Crippen molar-refractivity contribution in [2.75, 3.05) is 6.54 Å². The summed E-state index contributed by atoms with van der Waals surface area (Å²) in [6, 6.07) is 0. The van der Waals surface area contributed by atoms with Crippen molar-refractivity contribution in [3.63, 3.8) is 0 Å². The molecule has 0 aromatic carbocycles. The fourth-order valence-corrected chi connectivity index (χ4v) is 1.71. The number of hydrogen-bond acceptors (Lipinski definition) is 4. The molecule has 0 saturated heterocycles. The standard InChI is InChI=1S/C9H13N5O2/c1-13-5(3-4-10)11-7-6(13)8(15)12-9(16)14(7)2/h3-4,10H2,1-2H3,(H,12,15,16). The van der Waals surface area contributed by atoms with Crippen molar-refractivity contribution in [3.8, 4) is 0 Å². The van der Waals surface area contributed by atoms with Crippen molar-refractivity contribution in [2.45, 2.75) is 6.42 Å². The van der Waals surface area contributed by atoms with Gasteiger partial charge in [0.25, 0.3) is 5.56 Å². The van der Waals surface area contributed by atoms with Crippen LogP contribution in [-0.4, -0.2) is 25.6 Å². The van der Waals surface area contributed by atoms with E-state index in [1.165, 1.54) is 4.57 Å². The lowest BCUT2D eigenvalue weighted by molar-refractivity contribution is 0.791. The molecule has 7 nitrogen and oxygen atoms in total. The molecule has 2 aromatic heterocycles. The summed E-state index contributed by atoms with van der Waals surface area (Å²) in [6.45, 7) is 0.447. The van der Waals surface area contributed by atoms with Crippen LogP contribution in [0.2, 0.25) is 0 Å². The highest BCUT2D eigenvalue weighted by molar-refractivity contribution is 5.70. The van der Waals surface area contributed by atoms with Gasteiger partial charge in [0.1, 0.15) is 5.82 Å². The number of H-pyrrole nitrogens is 1. The van der Waals surface area contributed by atoms with Crippen molar-refractivity contribution in [1.82, 2.24) is 19.1 Å². The molecule has 0 saturated carbocycles. The van der Waals surface area contributed by atoms with Crippen molar-refractivity contribution < 1.29 is 0 Å². The molecule has 0 amide bonds. The molecule has 0 spiro atoms. The van der Waals surface area contributed by atoms with Gasteiger partial charge < -0.3 is 10.3 Å². The van der Waals surface area contributed by atoms with E-state index < -0.39 is 11.2 Å². The number of fused-ring (bicyclic) bond motifs is 1. The molecule has 0 aliphatic rings. The molecule has 0 aliphatic carbocycles. The van der Waals surface area contributed by atoms with Gasteiger partial charge in [0, 0.05) is 20.5 Å². The van der Waals surface area contributed by atoms with E-state index in [1.807, 2.05) is 0 Å². The fourth-order valence-electron chi connectivity index (χ4n) is 1.71. The highest BCUT2D eigenvalue weighted by Gasteiger charge is 2.13. The summed E-state index contributed by atoms with van der Waals surface area (Å²) in [5, 5.41) is 0. The van der Waals surface area contributed by atoms with Gasteiger partial charge in [0.15, 0.2) is 11.2 Å². The molecule has 7 heteroatoms. The molecule has 3 N–H and O–H groups in total. The molecule has 2 heterocycles. The molecule has 0 radical (unpaired) electrons. The van der Waals surface area contributed by atoms with E-state index >= 15 is 0 Å².